The molecular weight excluding hydrogens is 220 g/mol. The van der Waals surface area contributed by atoms with E-state index in [-0.39, 0.29) is 11.5 Å². The molecule has 0 spiro atoms. The number of methoxy groups -OCH3 is 1. The van der Waals surface area contributed by atoms with Crippen LogP contribution in [0.25, 0.3) is 0 Å². The molecule has 0 saturated carbocycles. The fourth-order valence-corrected chi connectivity index (χ4v) is 1.36. The van der Waals surface area contributed by atoms with Crippen molar-refractivity contribution < 1.29 is 14.3 Å². The van der Waals surface area contributed by atoms with E-state index in [0.29, 0.717) is 17.8 Å². The zero-order valence-electron chi connectivity index (χ0n) is 9.95. The van der Waals surface area contributed by atoms with Gasteiger partial charge >= 0.3 is 5.97 Å². The smallest absolute Gasteiger partial charge is 0.337 e. The number of nitrogens with two attached hydrogens (primary N) is 1. The number of hydrogen-bond acceptors (Lipinski definition) is 4. The summed E-state index contributed by atoms with van der Waals surface area (Å²) in [7, 11) is 1.28. The molecule has 1 aromatic rings. The van der Waals surface area contributed by atoms with Crippen molar-refractivity contribution in [1.82, 2.24) is 5.32 Å². The Morgan fingerprint density at radius 2 is 1.94 bits per heavy atom. The fourth-order valence-electron chi connectivity index (χ4n) is 1.36. The molecule has 92 valence electrons. The summed E-state index contributed by atoms with van der Waals surface area (Å²) in [5.74, 6) is -0.758. The Hall–Kier alpha value is -2.04. The lowest BCUT2D eigenvalue weighted by molar-refractivity contribution is 0.0601. The molecule has 0 aliphatic rings. The second-order valence-electron chi connectivity index (χ2n) is 3.59. The third-order valence-corrected chi connectivity index (χ3v) is 2.17. The molecule has 0 saturated heterocycles. The van der Waals surface area contributed by atoms with E-state index in [1.807, 2.05) is 6.92 Å². The first kappa shape index (κ1) is 13.0. The maximum atomic E-state index is 11.7. The van der Waals surface area contributed by atoms with Gasteiger partial charge in [0.05, 0.1) is 12.7 Å². The molecule has 0 aliphatic heterocycles. The van der Waals surface area contributed by atoms with E-state index in [1.54, 1.807) is 0 Å². The SMILES string of the molecule is CCCNC(=O)c1cc(N)cc(C(=O)OC)c1. The molecule has 0 atom stereocenters. The Morgan fingerprint density at radius 1 is 1.29 bits per heavy atom. The summed E-state index contributed by atoms with van der Waals surface area (Å²) in [6.45, 7) is 2.54. The number of amides is 1. The lowest BCUT2D eigenvalue weighted by Crippen LogP contribution is -2.24. The van der Waals surface area contributed by atoms with E-state index in [0.717, 1.165) is 6.42 Å². The van der Waals surface area contributed by atoms with Gasteiger partial charge in [0.25, 0.3) is 5.91 Å². The third kappa shape index (κ3) is 3.48. The molecule has 3 N–H and O–H groups in total. The second-order valence-corrected chi connectivity index (χ2v) is 3.59. The molecule has 1 rings (SSSR count). The lowest BCUT2D eigenvalue weighted by Gasteiger charge is -2.06. The highest BCUT2D eigenvalue weighted by Crippen LogP contribution is 2.13. The van der Waals surface area contributed by atoms with Crippen LogP contribution in [0, 0.1) is 0 Å². The predicted molar refractivity (Wildman–Crippen MR) is 64.8 cm³/mol. The van der Waals surface area contributed by atoms with Crippen LogP contribution in [0.15, 0.2) is 18.2 Å². The number of carbonyl (C=O) groups excluding carboxylic acids is 2. The first-order valence-electron chi connectivity index (χ1n) is 5.35. The number of hydrogen-bond donors (Lipinski definition) is 2. The van der Waals surface area contributed by atoms with E-state index in [2.05, 4.69) is 10.1 Å². The van der Waals surface area contributed by atoms with Crippen LogP contribution >= 0.6 is 0 Å². The minimum absolute atomic E-state index is 0.246. The summed E-state index contributed by atoms with van der Waals surface area (Å²) in [4.78, 5) is 23.0. The van der Waals surface area contributed by atoms with Crippen LogP contribution < -0.4 is 11.1 Å². The molecule has 0 bridgehead atoms. The van der Waals surface area contributed by atoms with Gasteiger partial charge in [-0.2, -0.15) is 0 Å². The summed E-state index contributed by atoms with van der Waals surface area (Å²) >= 11 is 0. The van der Waals surface area contributed by atoms with E-state index >= 15 is 0 Å². The molecule has 17 heavy (non-hydrogen) atoms. The van der Waals surface area contributed by atoms with E-state index in [9.17, 15) is 9.59 Å². The number of nitrogens with one attached hydrogen (secondary N) is 1. The molecule has 5 heteroatoms. The van der Waals surface area contributed by atoms with Crippen LogP contribution in [0.1, 0.15) is 34.1 Å². The molecule has 0 heterocycles. The van der Waals surface area contributed by atoms with Crippen LogP contribution in [0.4, 0.5) is 5.69 Å². The number of nitrogen functional groups attached to an aromatic ring is 1. The number of benzene rings is 1. The van der Waals surface area contributed by atoms with Crippen molar-refractivity contribution in [2.45, 2.75) is 13.3 Å². The minimum atomic E-state index is -0.512. The summed E-state index contributed by atoms with van der Waals surface area (Å²) in [6, 6.07) is 4.47. The Kier molecular flexibility index (Phi) is 4.51. The average molecular weight is 236 g/mol. The largest absolute Gasteiger partial charge is 0.465 e. The van der Waals surface area contributed by atoms with Gasteiger partial charge in [-0.25, -0.2) is 4.79 Å². The van der Waals surface area contributed by atoms with Crippen molar-refractivity contribution in [3.05, 3.63) is 29.3 Å². The second kappa shape index (κ2) is 5.89. The van der Waals surface area contributed by atoms with E-state index in [1.165, 1.54) is 25.3 Å². The van der Waals surface area contributed by atoms with Crippen molar-refractivity contribution in [2.75, 3.05) is 19.4 Å². The van der Waals surface area contributed by atoms with Gasteiger partial charge in [-0.1, -0.05) is 6.92 Å². The maximum absolute atomic E-state index is 11.7. The van der Waals surface area contributed by atoms with E-state index in [4.69, 9.17) is 5.73 Å². The molecule has 0 fully saturated rings. The summed E-state index contributed by atoms with van der Waals surface area (Å²) in [5, 5.41) is 2.71. The van der Waals surface area contributed by atoms with Gasteiger partial charge in [0, 0.05) is 17.8 Å². The van der Waals surface area contributed by atoms with Crippen LogP contribution in [0.2, 0.25) is 0 Å². The molecule has 1 amide bonds. The highest BCUT2D eigenvalue weighted by Gasteiger charge is 2.11. The standard InChI is InChI=1S/C12H16N2O3/c1-3-4-14-11(15)8-5-9(12(16)17-2)7-10(13)6-8/h5-7H,3-4,13H2,1-2H3,(H,14,15). The number of ether oxygens (including phenoxy) is 1. The summed E-state index contributed by atoms with van der Waals surface area (Å²) < 4.78 is 4.58. The monoisotopic (exact) mass is 236 g/mol. The van der Waals surface area contributed by atoms with Crippen LogP contribution in [0.5, 0.6) is 0 Å². The molecular formula is C12H16N2O3. The maximum Gasteiger partial charge on any atom is 0.337 e. The first-order valence-corrected chi connectivity index (χ1v) is 5.35. The van der Waals surface area contributed by atoms with Gasteiger partial charge in [-0.15, -0.1) is 0 Å². The Morgan fingerprint density at radius 3 is 2.53 bits per heavy atom. The Bertz CT molecular complexity index is 430. The summed E-state index contributed by atoms with van der Waals surface area (Å²) in [5.41, 5.74) is 6.62. The van der Waals surface area contributed by atoms with Gasteiger partial charge < -0.3 is 15.8 Å². The third-order valence-electron chi connectivity index (χ3n) is 2.17. The minimum Gasteiger partial charge on any atom is -0.465 e. The van der Waals surface area contributed by atoms with Gasteiger partial charge in [0.1, 0.15) is 0 Å². The highest BCUT2D eigenvalue weighted by atomic mass is 16.5. The van der Waals surface area contributed by atoms with Gasteiger partial charge in [0.15, 0.2) is 0 Å². The Balaban J connectivity index is 2.96. The quantitative estimate of drug-likeness (QED) is 0.608. The average Bonchev–Trinajstić information content (AvgIpc) is 2.34. The zero-order valence-corrected chi connectivity index (χ0v) is 9.95. The topological polar surface area (TPSA) is 81.4 Å². The van der Waals surface area contributed by atoms with Crippen molar-refractivity contribution in [2.24, 2.45) is 0 Å². The van der Waals surface area contributed by atoms with Crippen molar-refractivity contribution in [1.29, 1.82) is 0 Å². The first-order chi connectivity index (χ1) is 8.08. The van der Waals surface area contributed by atoms with Gasteiger partial charge in [-0.05, 0) is 24.6 Å². The predicted octanol–water partition coefficient (Wildman–Crippen LogP) is 1.20. The van der Waals surface area contributed by atoms with Crippen molar-refractivity contribution in [3.8, 4) is 0 Å². The lowest BCUT2D eigenvalue weighted by atomic mass is 10.1. The van der Waals surface area contributed by atoms with Crippen LogP contribution in [-0.4, -0.2) is 25.5 Å². The number of rotatable bonds is 4. The normalized spacial score (nSPS) is 9.76. The number of esters is 1. The van der Waals surface area contributed by atoms with Gasteiger partial charge in [-0.3, -0.25) is 4.79 Å². The molecule has 5 nitrogen and oxygen atoms in total. The van der Waals surface area contributed by atoms with Crippen molar-refractivity contribution in [3.63, 3.8) is 0 Å². The van der Waals surface area contributed by atoms with E-state index < -0.39 is 5.97 Å². The number of anilines is 1. The molecule has 0 radical (unpaired) electrons. The fraction of sp³-hybridized carbons (Fsp3) is 0.333. The van der Waals surface area contributed by atoms with Crippen LogP contribution in [0.3, 0.4) is 0 Å². The van der Waals surface area contributed by atoms with Gasteiger partial charge in [0.2, 0.25) is 0 Å². The molecule has 0 unspecified atom stereocenters. The zero-order chi connectivity index (χ0) is 12.8. The molecule has 0 aliphatic carbocycles. The van der Waals surface area contributed by atoms with Crippen molar-refractivity contribution >= 4 is 17.6 Å². The number of carbonyl (C=O) groups is 2. The van der Waals surface area contributed by atoms with Crippen LogP contribution in [-0.2, 0) is 4.74 Å². The molecule has 1 aromatic carbocycles. The Labute approximate surface area is 99.9 Å². The highest BCUT2D eigenvalue weighted by molar-refractivity contribution is 5.99. The summed E-state index contributed by atoms with van der Waals surface area (Å²) in [6.07, 6.45) is 0.845. The molecule has 0 aromatic heterocycles.